The Bertz CT molecular complexity index is 382. The molecule has 0 fully saturated rings. The first-order valence-corrected chi connectivity index (χ1v) is 4.45. The van der Waals surface area contributed by atoms with Gasteiger partial charge in [-0.2, -0.15) is 0 Å². The third kappa shape index (κ3) is 2.38. The molecule has 1 aromatic rings. The highest BCUT2D eigenvalue weighted by Crippen LogP contribution is 2.32. The molecular formula is C9H10ClNO4. The van der Waals surface area contributed by atoms with Gasteiger partial charge in [-0.15, -0.1) is 0 Å². The number of hydrogen-bond acceptors (Lipinski definition) is 4. The molecule has 0 heterocycles. The number of nitrogens with two attached hydrogens (primary N) is 1. The topological polar surface area (TPSA) is 104 Å². The fourth-order valence-corrected chi connectivity index (χ4v) is 1.33. The Balaban J connectivity index is 3.06. The Morgan fingerprint density at radius 2 is 2.00 bits per heavy atom. The van der Waals surface area contributed by atoms with Crippen molar-refractivity contribution in [3.8, 4) is 5.75 Å². The van der Waals surface area contributed by atoms with Crippen LogP contribution in [0.15, 0.2) is 18.2 Å². The lowest BCUT2D eigenvalue weighted by atomic mass is 10.0. The van der Waals surface area contributed by atoms with E-state index in [4.69, 9.17) is 17.3 Å². The first-order chi connectivity index (χ1) is 6.95. The first-order valence-electron chi connectivity index (χ1n) is 4.08. The highest BCUT2D eigenvalue weighted by atomic mass is 35.5. The second-order valence-corrected chi connectivity index (χ2v) is 3.35. The summed E-state index contributed by atoms with van der Waals surface area (Å²) in [5, 5.41) is 27.8. The Morgan fingerprint density at radius 3 is 2.53 bits per heavy atom. The van der Waals surface area contributed by atoms with Crippen LogP contribution in [0.2, 0.25) is 5.02 Å². The van der Waals surface area contributed by atoms with Crippen LogP contribution in [-0.2, 0) is 4.79 Å². The molecule has 2 unspecified atom stereocenters. The van der Waals surface area contributed by atoms with E-state index in [0.29, 0.717) is 0 Å². The summed E-state index contributed by atoms with van der Waals surface area (Å²) in [6, 6.07) is 4.11. The zero-order valence-electron chi connectivity index (χ0n) is 7.59. The van der Waals surface area contributed by atoms with Gasteiger partial charge < -0.3 is 21.1 Å². The van der Waals surface area contributed by atoms with E-state index in [1.807, 2.05) is 0 Å². The molecule has 0 aromatic heterocycles. The van der Waals surface area contributed by atoms with Gasteiger partial charge >= 0.3 is 0 Å². The van der Waals surface area contributed by atoms with Crippen LogP contribution in [0.3, 0.4) is 0 Å². The average Bonchev–Trinajstić information content (AvgIpc) is 2.20. The molecule has 0 saturated carbocycles. The normalized spacial score (nSPS) is 14.6. The van der Waals surface area contributed by atoms with Crippen LogP contribution in [0.25, 0.3) is 0 Å². The van der Waals surface area contributed by atoms with E-state index in [1.54, 1.807) is 0 Å². The van der Waals surface area contributed by atoms with Gasteiger partial charge in [-0.05, 0) is 6.07 Å². The molecule has 5 N–H and O–H groups in total. The van der Waals surface area contributed by atoms with Gasteiger partial charge in [-0.25, -0.2) is 0 Å². The minimum atomic E-state index is -1.76. The third-order valence-electron chi connectivity index (χ3n) is 1.92. The Labute approximate surface area is 90.7 Å². The Kier molecular flexibility index (Phi) is 3.52. The predicted octanol–water partition coefficient (Wildman–Crippen LogP) is -0.0748. The summed E-state index contributed by atoms with van der Waals surface area (Å²) in [6.45, 7) is 0. The van der Waals surface area contributed by atoms with E-state index >= 15 is 0 Å². The molecule has 0 aliphatic heterocycles. The van der Waals surface area contributed by atoms with Crippen LogP contribution in [0.4, 0.5) is 0 Å². The molecule has 1 aromatic carbocycles. The Morgan fingerprint density at radius 1 is 1.40 bits per heavy atom. The monoisotopic (exact) mass is 231 g/mol. The number of phenols is 1. The molecule has 1 rings (SSSR count). The van der Waals surface area contributed by atoms with Crippen LogP contribution in [0.5, 0.6) is 5.75 Å². The first kappa shape index (κ1) is 11.8. The predicted molar refractivity (Wildman–Crippen MR) is 53.3 cm³/mol. The largest absolute Gasteiger partial charge is 0.506 e. The number of aliphatic hydroxyl groups excluding tert-OH is 2. The number of aromatic hydroxyl groups is 1. The van der Waals surface area contributed by atoms with Crippen molar-refractivity contribution in [2.45, 2.75) is 12.2 Å². The number of halogens is 1. The van der Waals surface area contributed by atoms with Gasteiger partial charge in [0.2, 0.25) is 5.91 Å². The highest BCUT2D eigenvalue weighted by Gasteiger charge is 2.25. The second kappa shape index (κ2) is 4.48. The van der Waals surface area contributed by atoms with Crippen molar-refractivity contribution in [2.75, 3.05) is 0 Å². The number of amides is 1. The minimum Gasteiger partial charge on any atom is -0.506 e. The van der Waals surface area contributed by atoms with Crippen LogP contribution in [0.1, 0.15) is 11.7 Å². The SMILES string of the molecule is NC(=O)C(O)C(O)c1cccc(O)c1Cl. The molecule has 0 saturated heterocycles. The van der Waals surface area contributed by atoms with Crippen LogP contribution < -0.4 is 5.73 Å². The number of aliphatic hydroxyl groups is 2. The maximum atomic E-state index is 10.6. The van der Waals surface area contributed by atoms with Crippen molar-refractivity contribution < 1.29 is 20.1 Å². The number of carbonyl (C=O) groups is 1. The number of phenolic OH excluding ortho intramolecular Hbond substituents is 1. The smallest absolute Gasteiger partial charge is 0.249 e. The molecular weight excluding hydrogens is 222 g/mol. The van der Waals surface area contributed by atoms with Crippen molar-refractivity contribution in [3.05, 3.63) is 28.8 Å². The quantitative estimate of drug-likeness (QED) is 0.584. The standard InChI is InChI=1S/C9H10ClNO4/c10-6-4(2-1-3-5(6)12)7(13)8(14)9(11)15/h1-3,7-8,12-14H,(H2,11,15). The zero-order chi connectivity index (χ0) is 11.6. The zero-order valence-corrected chi connectivity index (χ0v) is 8.35. The molecule has 1 amide bonds. The molecule has 0 spiro atoms. The van der Waals surface area contributed by atoms with Gasteiger partial charge in [0, 0.05) is 5.56 Å². The fourth-order valence-electron chi connectivity index (χ4n) is 1.09. The lowest BCUT2D eigenvalue weighted by Gasteiger charge is -2.16. The van der Waals surface area contributed by atoms with E-state index in [0.717, 1.165) is 0 Å². The average molecular weight is 232 g/mol. The van der Waals surface area contributed by atoms with Gasteiger partial charge in [-0.1, -0.05) is 23.7 Å². The van der Waals surface area contributed by atoms with Crippen molar-refractivity contribution in [3.63, 3.8) is 0 Å². The number of benzene rings is 1. The van der Waals surface area contributed by atoms with E-state index in [-0.39, 0.29) is 16.3 Å². The summed E-state index contributed by atoms with van der Waals surface area (Å²) in [4.78, 5) is 10.6. The molecule has 0 bridgehead atoms. The summed E-state index contributed by atoms with van der Waals surface area (Å²) in [6.07, 6.45) is -3.31. The summed E-state index contributed by atoms with van der Waals surface area (Å²) in [5.41, 5.74) is 4.85. The van der Waals surface area contributed by atoms with Crippen molar-refractivity contribution >= 4 is 17.5 Å². The van der Waals surface area contributed by atoms with E-state index in [1.165, 1.54) is 18.2 Å². The molecule has 15 heavy (non-hydrogen) atoms. The molecule has 0 aliphatic carbocycles. The number of carbonyl (C=O) groups excluding carboxylic acids is 1. The molecule has 2 atom stereocenters. The highest BCUT2D eigenvalue weighted by molar-refractivity contribution is 6.32. The van der Waals surface area contributed by atoms with Gasteiger partial charge in [0.1, 0.15) is 11.9 Å². The lowest BCUT2D eigenvalue weighted by Crippen LogP contribution is -2.33. The molecule has 82 valence electrons. The molecule has 6 heteroatoms. The summed E-state index contributed by atoms with van der Waals surface area (Å²) in [7, 11) is 0. The van der Waals surface area contributed by atoms with E-state index in [2.05, 4.69) is 0 Å². The molecule has 0 aliphatic rings. The summed E-state index contributed by atoms with van der Waals surface area (Å²) >= 11 is 5.66. The summed E-state index contributed by atoms with van der Waals surface area (Å²) in [5.74, 6) is -1.31. The van der Waals surface area contributed by atoms with E-state index < -0.39 is 18.1 Å². The van der Waals surface area contributed by atoms with Gasteiger partial charge in [0.25, 0.3) is 0 Å². The van der Waals surface area contributed by atoms with Crippen LogP contribution in [0, 0.1) is 0 Å². The number of hydrogen-bond donors (Lipinski definition) is 4. The van der Waals surface area contributed by atoms with Crippen LogP contribution >= 0.6 is 11.6 Å². The van der Waals surface area contributed by atoms with Crippen molar-refractivity contribution in [1.82, 2.24) is 0 Å². The maximum Gasteiger partial charge on any atom is 0.249 e. The van der Waals surface area contributed by atoms with E-state index in [9.17, 15) is 20.1 Å². The fraction of sp³-hybridized carbons (Fsp3) is 0.222. The number of rotatable bonds is 3. The Hall–Kier alpha value is -1.30. The maximum absolute atomic E-state index is 10.6. The third-order valence-corrected chi connectivity index (χ3v) is 2.33. The summed E-state index contributed by atoms with van der Waals surface area (Å²) < 4.78 is 0. The molecule has 5 nitrogen and oxygen atoms in total. The van der Waals surface area contributed by atoms with Gasteiger partial charge in [0.05, 0.1) is 5.02 Å². The lowest BCUT2D eigenvalue weighted by molar-refractivity contribution is -0.131. The second-order valence-electron chi connectivity index (χ2n) is 2.97. The van der Waals surface area contributed by atoms with Crippen molar-refractivity contribution in [2.24, 2.45) is 5.73 Å². The van der Waals surface area contributed by atoms with Gasteiger partial charge in [0.15, 0.2) is 6.10 Å². The van der Waals surface area contributed by atoms with Gasteiger partial charge in [-0.3, -0.25) is 4.79 Å². The number of primary amides is 1. The van der Waals surface area contributed by atoms with Crippen LogP contribution in [-0.4, -0.2) is 27.3 Å². The molecule has 0 radical (unpaired) electrons. The van der Waals surface area contributed by atoms with Crippen molar-refractivity contribution in [1.29, 1.82) is 0 Å². The minimum absolute atomic E-state index is 0.0444.